The number of thiophene rings is 1. The Morgan fingerprint density at radius 3 is 2.56 bits per heavy atom. The molecule has 0 radical (unpaired) electrons. The second kappa shape index (κ2) is 7.03. The second-order valence-electron chi connectivity index (χ2n) is 6.20. The van der Waals surface area contributed by atoms with Crippen molar-refractivity contribution in [3.8, 4) is 0 Å². The van der Waals surface area contributed by atoms with Crippen molar-refractivity contribution in [2.75, 3.05) is 38.4 Å². The molecular formula is C19H22N4OS+2. The van der Waals surface area contributed by atoms with Gasteiger partial charge in [-0.25, -0.2) is 10.3 Å². The van der Waals surface area contributed by atoms with E-state index in [1.54, 1.807) is 0 Å². The summed E-state index contributed by atoms with van der Waals surface area (Å²) in [7, 11) is 7.90. The highest BCUT2D eigenvalue weighted by molar-refractivity contribution is 7.21. The van der Waals surface area contributed by atoms with Gasteiger partial charge in [-0.3, -0.25) is 9.37 Å². The summed E-state index contributed by atoms with van der Waals surface area (Å²) < 4.78 is 1.92. The maximum atomic E-state index is 13.1. The first kappa shape index (κ1) is 17.1. The first-order chi connectivity index (χ1) is 12.0. The Balaban J connectivity index is 2.24. The molecule has 0 saturated carbocycles. The van der Waals surface area contributed by atoms with Crippen molar-refractivity contribution in [1.82, 2.24) is 0 Å². The maximum absolute atomic E-state index is 13.1. The number of carbonyl (C=O) groups is 1. The lowest BCUT2D eigenvalue weighted by Gasteiger charge is -2.12. The van der Waals surface area contributed by atoms with E-state index in [9.17, 15) is 4.79 Å². The SMILES string of the molecule is CN(C)c1cc[nH+]c2sc(C(=O)c3ccccc3)c(NC=[N+](C)C)c12. The molecule has 0 bridgehead atoms. The van der Waals surface area contributed by atoms with Crippen LogP contribution in [0.5, 0.6) is 0 Å². The molecular weight excluding hydrogens is 332 g/mol. The van der Waals surface area contributed by atoms with Crippen molar-refractivity contribution in [3.05, 3.63) is 53.0 Å². The summed E-state index contributed by atoms with van der Waals surface area (Å²) in [6.07, 6.45) is 3.76. The Labute approximate surface area is 151 Å². The number of fused-ring (bicyclic) bond motifs is 1. The average molecular weight is 354 g/mol. The molecule has 0 aliphatic heterocycles. The number of hydrogen-bond donors (Lipinski definition) is 1. The topological polar surface area (TPSA) is 49.5 Å². The third-order valence-electron chi connectivity index (χ3n) is 3.81. The zero-order valence-corrected chi connectivity index (χ0v) is 15.6. The average Bonchev–Trinajstić information content (AvgIpc) is 2.98. The van der Waals surface area contributed by atoms with Gasteiger partial charge in [0.15, 0.2) is 11.9 Å². The minimum absolute atomic E-state index is 0.0227. The van der Waals surface area contributed by atoms with Gasteiger partial charge in [0.05, 0.1) is 19.8 Å². The Hall–Kier alpha value is -2.73. The van der Waals surface area contributed by atoms with Gasteiger partial charge in [-0.1, -0.05) is 41.7 Å². The van der Waals surface area contributed by atoms with Crippen LogP contribution in [0.2, 0.25) is 0 Å². The number of aromatic nitrogens is 1. The lowest BCUT2D eigenvalue weighted by molar-refractivity contribution is -0.459. The highest BCUT2D eigenvalue weighted by atomic mass is 32.1. The van der Waals surface area contributed by atoms with Crippen molar-refractivity contribution >= 4 is 45.0 Å². The third kappa shape index (κ3) is 3.39. The highest BCUT2D eigenvalue weighted by Crippen LogP contribution is 2.39. The van der Waals surface area contributed by atoms with Crippen LogP contribution in [-0.2, 0) is 0 Å². The molecule has 5 nitrogen and oxygen atoms in total. The number of hydrogen-bond acceptors (Lipinski definition) is 3. The van der Waals surface area contributed by atoms with Crippen molar-refractivity contribution in [1.29, 1.82) is 0 Å². The minimum Gasteiger partial charge on any atom is -0.377 e. The van der Waals surface area contributed by atoms with E-state index in [4.69, 9.17) is 0 Å². The van der Waals surface area contributed by atoms with Gasteiger partial charge in [-0.15, -0.1) is 0 Å². The monoisotopic (exact) mass is 354 g/mol. The van der Waals surface area contributed by atoms with Gasteiger partial charge in [0.2, 0.25) is 12.1 Å². The fourth-order valence-corrected chi connectivity index (χ4v) is 3.75. The molecule has 0 amide bonds. The molecule has 2 heterocycles. The maximum Gasteiger partial charge on any atom is 0.274 e. The molecule has 2 N–H and O–H groups in total. The Bertz CT molecular complexity index is 941. The number of pyridine rings is 1. The summed E-state index contributed by atoms with van der Waals surface area (Å²) >= 11 is 1.48. The van der Waals surface area contributed by atoms with Gasteiger partial charge in [0.1, 0.15) is 10.3 Å². The van der Waals surface area contributed by atoms with E-state index in [0.717, 1.165) is 21.6 Å². The summed E-state index contributed by atoms with van der Waals surface area (Å²) in [4.78, 5) is 20.1. The summed E-state index contributed by atoms with van der Waals surface area (Å²) in [5, 5.41) is 4.35. The second-order valence-corrected chi connectivity index (χ2v) is 7.22. The van der Waals surface area contributed by atoms with E-state index in [2.05, 4.69) is 15.2 Å². The first-order valence-electron chi connectivity index (χ1n) is 7.99. The van der Waals surface area contributed by atoms with E-state index >= 15 is 0 Å². The predicted molar refractivity (Wildman–Crippen MR) is 104 cm³/mol. The van der Waals surface area contributed by atoms with Gasteiger partial charge in [-0.05, 0) is 0 Å². The molecule has 1 aromatic carbocycles. The zero-order chi connectivity index (χ0) is 18.0. The third-order valence-corrected chi connectivity index (χ3v) is 4.93. The normalized spacial score (nSPS) is 10.6. The van der Waals surface area contributed by atoms with Crippen molar-refractivity contribution in [2.24, 2.45) is 0 Å². The number of anilines is 2. The molecule has 3 rings (SSSR count). The minimum atomic E-state index is 0.0227. The smallest absolute Gasteiger partial charge is 0.274 e. The van der Waals surface area contributed by atoms with Crippen LogP contribution in [0.25, 0.3) is 10.2 Å². The van der Waals surface area contributed by atoms with Crippen LogP contribution in [0.15, 0.2) is 42.6 Å². The summed E-state index contributed by atoms with van der Waals surface area (Å²) in [5.41, 5.74) is 2.59. The molecule has 3 aromatic rings. The van der Waals surface area contributed by atoms with Crippen LogP contribution in [-0.4, -0.2) is 44.9 Å². The summed E-state index contributed by atoms with van der Waals surface area (Å²) in [6.45, 7) is 0. The molecule has 0 saturated heterocycles. The van der Waals surface area contributed by atoms with E-state index in [1.165, 1.54) is 11.3 Å². The molecule has 0 fully saturated rings. The molecule has 0 aliphatic carbocycles. The molecule has 0 atom stereocenters. The molecule has 128 valence electrons. The largest absolute Gasteiger partial charge is 0.377 e. The van der Waals surface area contributed by atoms with Crippen LogP contribution >= 0.6 is 11.3 Å². The molecule has 6 heteroatoms. The molecule has 25 heavy (non-hydrogen) atoms. The Morgan fingerprint density at radius 2 is 1.92 bits per heavy atom. The number of nitrogens with one attached hydrogen (secondary N) is 2. The fraction of sp³-hybridized carbons (Fsp3) is 0.211. The van der Waals surface area contributed by atoms with E-state index < -0.39 is 0 Å². The van der Waals surface area contributed by atoms with Crippen molar-refractivity contribution in [2.45, 2.75) is 0 Å². The Kier molecular flexibility index (Phi) is 4.81. The van der Waals surface area contributed by atoms with Gasteiger partial charge >= 0.3 is 0 Å². The number of benzene rings is 1. The van der Waals surface area contributed by atoms with Gasteiger partial charge in [0, 0.05) is 25.7 Å². The van der Waals surface area contributed by atoms with E-state index in [-0.39, 0.29) is 5.78 Å². The Morgan fingerprint density at radius 1 is 1.20 bits per heavy atom. The molecule has 0 spiro atoms. The number of rotatable bonds is 5. The van der Waals surface area contributed by atoms with Crippen LogP contribution in [0.4, 0.5) is 11.4 Å². The molecule has 0 unspecified atom stereocenters. The number of nitrogens with zero attached hydrogens (tertiary/aromatic N) is 2. The van der Waals surface area contributed by atoms with Crippen LogP contribution in [0.3, 0.4) is 0 Å². The number of aromatic amines is 1. The number of H-pyrrole nitrogens is 1. The fourth-order valence-electron chi connectivity index (χ4n) is 2.64. The summed E-state index contributed by atoms with van der Waals surface area (Å²) in [6, 6.07) is 11.4. The lowest BCUT2D eigenvalue weighted by Crippen LogP contribution is -2.13. The van der Waals surface area contributed by atoms with E-state index in [1.807, 2.05) is 81.7 Å². The van der Waals surface area contributed by atoms with Crippen LogP contribution in [0.1, 0.15) is 15.2 Å². The lowest BCUT2D eigenvalue weighted by atomic mass is 10.1. The standard InChI is InChI=1S/C19H20N4OS/c1-22(2)12-21-16-15-14(23(3)4)10-11-20-19(15)25-18(16)17(24)13-8-6-5-7-9-13/h5-12H,1-4H3/p+2. The van der Waals surface area contributed by atoms with Crippen LogP contribution in [0, 0.1) is 0 Å². The van der Waals surface area contributed by atoms with Crippen molar-refractivity contribution in [3.63, 3.8) is 0 Å². The van der Waals surface area contributed by atoms with Gasteiger partial charge in [-0.2, -0.15) is 0 Å². The van der Waals surface area contributed by atoms with Gasteiger partial charge in [0.25, 0.3) is 4.83 Å². The first-order valence-corrected chi connectivity index (χ1v) is 8.81. The quantitative estimate of drug-likeness (QED) is 0.332. The van der Waals surface area contributed by atoms with Crippen molar-refractivity contribution < 1.29 is 14.4 Å². The number of carbonyl (C=O) groups excluding carboxylic acids is 1. The molecule has 0 aliphatic rings. The molecule has 2 aromatic heterocycles. The van der Waals surface area contributed by atoms with Crippen LogP contribution < -0.4 is 15.2 Å². The highest BCUT2D eigenvalue weighted by Gasteiger charge is 2.27. The van der Waals surface area contributed by atoms with E-state index in [0.29, 0.717) is 10.4 Å². The predicted octanol–water partition coefficient (Wildman–Crippen LogP) is 2.72. The zero-order valence-electron chi connectivity index (χ0n) is 14.8. The number of ketones is 1. The summed E-state index contributed by atoms with van der Waals surface area (Å²) in [5.74, 6) is 0.0227. The van der Waals surface area contributed by atoms with Gasteiger partial charge < -0.3 is 4.90 Å².